The van der Waals surface area contributed by atoms with E-state index in [1.54, 1.807) is 0 Å². The molecular formula is C13H27N3. The predicted molar refractivity (Wildman–Crippen MR) is 68.8 cm³/mol. The average Bonchev–Trinajstić information content (AvgIpc) is 2.41. The van der Waals surface area contributed by atoms with Gasteiger partial charge in [-0.05, 0) is 46.7 Å². The van der Waals surface area contributed by atoms with E-state index in [1.807, 2.05) is 0 Å². The largest absolute Gasteiger partial charge is 0.313 e. The van der Waals surface area contributed by atoms with Crippen LogP contribution in [-0.4, -0.2) is 61.2 Å². The minimum absolute atomic E-state index is 0.715. The maximum Gasteiger partial charge on any atom is 0.0224 e. The second kappa shape index (κ2) is 5.48. The van der Waals surface area contributed by atoms with Crippen molar-refractivity contribution in [1.29, 1.82) is 0 Å². The summed E-state index contributed by atoms with van der Waals surface area (Å²) in [5, 5.41) is 3.63. The van der Waals surface area contributed by atoms with E-state index in [9.17, 15) is 0 Å². The van der Waals surface area contributed by atoms with Crippen molar-refractivity contribution in [3.8, 4) is 0 Å². The SMILES string of the molecule is CC1CCC(N2CCCN(C)CC2C)CN1. The Bertz CT molecular complexity index is 211. The summed E-state index contributed by atoms with van der Waals surface area (Å²) >= 11 is 0. The first-order valence-corrected chi connectivity index (χ1v) is 6.84. The van der Waals surface area contributed by atoms with Crippen molar-refractivity contribution in [3.63, 3.8) is 0 Å². The number of hydrogen-bond donors (Lipinski definition) is 1. The normalized spacial score (nSPS) is 39.6. The van der Waals surface area contributed by atoms with Crippen LogP contribution in [0.15, 0.2) is 0 Å². The number of nitrogens with one attached hydrogen (secondary N) is 1. The van der Waals surface area contributed by atoms with Gasteiger partial charge < -0.3 is 10.2 Å². The van der Waals surface area contributed by atoms with Crippen molar-refractivity contribution in [1.82, 2.24) is 15.1 Å². The fourth-order valence-electron chi connectivity index (χ4n) is 3.20. The van der Waals surface area contributed by atoms with E-state index in [0.29, 0.717) is 6.04 Å². The molecule has 0 aliphatic carbocycles. The summed E-state index contributed by atoms with van der Waals surface area (Å²) in [5.41, 5.74) is 0. The van der Waals surface area contributed by atoms with Crippen molar-refractivity contribution in [2.75, 3.05) is 33.2 Å². The van der Waals surface area contributed by atoms with Crippen molar-refractivity contribution >= 4 is 0 Å². The number of piperidine rings is 1. The lowest BCUT2D eigenvalue weighted by Gasteiger charge is -2.39. The van der Waals surface area contributed by atoms with Crippen LogP contribution in [0.2, 0.25) is 0 Å². The van der Waals surface area contributed by atoms with Crippen LogP contribution < -0.4 is 5.32 Å². The standard InChI is InChI=1S/C13H27N3/c1-11-5-6-13(9-14-11)16-8-4-7-15(3)10-12(16)2/h11-14H,4-10H2,1-3H3. The van der Waals surface area contributed by atoms with Gasteiger partial charge in [-0.1, -0.05) is 0 Å². The Balaban J connectivity index is 1.91. The van der Waals surface area contributed by atoms with Gasteiger partial charge in [0.25, 0.3) is 0 Å². The molecule has 0 aromatic heterocycles. The van der Waals surface area contributed by atoms with Gasteiger partial charge >= 0.3 is 0 Å². The summed E-state index contributed by atoms with van der Waals surface area (Å²) in [6.45, 7) is 9.65. The molecule has 2 rings (SSSR count). The van der Waals surface area contributed by atoms with Gasteiger partial charge in [0.2, 0.25) is 0 Å². The molecule has 0 spiro atoms. The highest BCUT2D eigenvalue weighted by atomic mass is 15.3. The van der Waals surface area contributed by atoms with Crippen LogP contribution in [0.4, 0.5) is 0 Å². The third kappa shape index (κ3) is 2.96. The molecule has 2 heterocycles. The molecular weight excluding hydrogens is 198 g/mol. The van der Waals surface area contributed by atoms with Crippen LogP contribution in [0, 0.1) is 0 Å². The van der Waals surface area contributed by atoms with Gasteiger partial charge in [-0.3, -0.25) is 4.90 Å². The van der Waals surface area contributed by atoms with E-state index < -0.39 is 0 Å². The molecule has 2 aliphatic rings. The van der Waals surface area contributed by atoms with Crippen LogP contribution in [0.3, 0.4) is 0 Å². The monoisotopic (exact) mass is 225 g/mol. The Morgan fingerprint density at radius 2 is 1.94 bits per heavy atom. The van der Waals surface area contributed by atoms with Gasteiger partial charge in [-0.15, -0.1) is 0 Å². The first-order valence-electron chi connectivity index (χ1n) is 6.84. The van der Waals surface area contributed by atoms with Crippen molar-refractivity contribution < 1.29 is 0 Å². The Morgan fingerprint density at radius 1 is 1.12 bits per heavy atom. The summed E-state index contributed by atoms with van der Waals surface area (Å²) in [6.07, 6.45) is 4.04. The highest BCUT2D eigenvalue weighted by Crippen LogP contribution is 2.19. The summed E-state index contributed by atoms with van der Waals surface area (Å²) in [4.78, 5) is 5.21. The Kier molecular flexibility index (Phi) is 4.22. The molecule has 2 saturated heterocycles. The van der Waals surface area contributed by atoms with E-state index in [2.05, 4.69) is 36.0 Å². The van der Waals surface area contributed by atoms with Crippen molar-refractivity contribution in [2.24, 2.45) is 0 Å². The highest BCUT2D eigenvalue weighted by Gasteiger charge is 2.28. The van der Waals surface area contributed by atoms with Crippen molar-refractivity contribution in [3.05, 3.63) is 0 Å². The van der Waals surface area contributed by atoms with Gasteiger partial charge in [0.15, 0.2) is 0 Å². The van der Waals surface area contributed by atoms with Crippen LogP contribution in [0.1, 0.15) is 33.1 Å². The number of rotatable bonds is 1. The second-order valence-corrected chi connectivity index (χ2v) is 5.74. The molecule has 0 radical (unpaired) electrons. The summed E-state index contributed by atoms with van der Waals surface area (Å²) in [7, 11) is 2.25. The number of hydrogen-bond acceptors (Lipinski definition) is 3. The molecule has 3 unspecified atom stereocenters. The fraction of sp³-hybridized carbons (Fsp3) is 1.00. The fourth-order valence-corrected chi connectivity index (χ4v) is 3.20. The molecule has 0 amide bonds. The molecule has 94 valence electrons. The maximum atomic E-state index is 3.63. The maximum absolute atomic E-state index is 3.63. The van der Waals surface area contributed by atoms with E-state index in [-0.39, 0.29) is 0 Å². The first-order chi connectivity index (χ1) is 7.66. The molecule has 1 N–H and O–H groups in total. The van der Waals surface area contributed by atoms with E-state index >= 15 is 0 Å². The minimum atomic E-state index is 0.715. The lowest BCUT2D eigenvalue weighted by Crippen LogP contribution is -2.52. The van der Waals surface area contributed by atoms with E-state index in [4.69, 9.17) is 0 Å². The Morgan fingerprint density at radius 3 is 2.62 bits per heavy atom. The van der Waals surface area contributed by atoms with Gasteiger partial charge in [0.05, 0.1) is 0 Å². The third-order valence-electron chi connectivity index (χ3n) is 4.20. The third-order valence-corrected chi connectivity index (χ3v) is 4.20. The van der Waals surface area contributed by atoms with Crippen LogP contribution in [0.5, 0.6) is 0 Å². The average molecular weight is 225 g/mol. The molecule has 2 fully saturated rings. The first kappa shape index (κ1) is 12.3. The van der Waals surface area contributed by atoms with Gasteiger partial charge in [-0.25, -0.2) is 0 Å². The van der Waals surface area contributed by atoms with Gasteiger partial charge in [0.1, 0.15) is 0 Å². The summed E-state index contributed by atoms with van der Waals surface area (Å²) in [6, 6.07) is 2.21. The zero-order valence-electron chi connectivity index (χ0n) is 11.1. The number of nitrogens with zero attached hydrogens (tertiary/aromatic N) is 2. The number of likely N-dealkylation sites (N-methyl/N-ethyl adjacent to an activating group) is 1. The molecule has 0 aromatic rings. The van der Waals surface area contributed by atoms with Crippen LogP contribution in [-0.2, 0) is 0 Å². The molecule has 3 atom stereocenters. The summed E-state index contributed by atoms with van der Waals surface area (Å²) < 4.78 is 0. The van der Waals surface area contributed by atoms with Gasteiger partial charge in [-0.2, -0.15) is 0 Å². The van der Waals surface area contributed by atoms with Crippen LogP contribution >= 0.6 is 0 Å². The van der Waals surface area contributed by atoms with Crippen LogP contribution in [0.25, 0.3) is 0 Å². The zero-order valence-corrected chi connectivity index (χ0v) is 11.1. The summed E-state index contributed by atoms with van der Waals surface area (Å²) in [5.74, 6) is 0. The molecule has 0 bridgehead atoms. The smallest absolute Gasteiger partial charge is 0.0224 e. The Labute approximate surface area is 100 Å². The quantitative estimate of drug-likeness (QED) is 0.722. The van der Waals surface area contributed by atoms with E-state index in [0.717, 1.165) is 12.1 Å². The van der Waals surface area contributed by atoms with Gasteiger partial charge in [0, 0.05) is 37.8 Å². The second-order valence-electron chi connectivity index (χ2n) is 5.74. The molecule has 16 heavy (non-hydrogen) atoms. The molecule has 2 aliphatic heterocycles. The highest BCUT2D eigenvalue weighted by molar-refractivity contribution is 4.86. The lowest BCUT2D eigenvalue weighted by atomic mass is 9.99. The zero-order chi connectivity index (χ0) is 11.5. The molecule has 0 aromatic carbocycles. The molecule has 3 heteroatoms. The molecule has 0 saturated carbocycles. The lowest BCUT2D eigenvalue weighted by molar-refractivity contribution is 0.113. The molecule has 3 nitrogen and oxygen atoms in total. The van der Waals surface area contributed by atoms with Crippen molar-refractivity contribution in [2.45, 2.75) is 51.2 Å². The minimum Gasteiger partial charge on any atom is -0.313 e. The predicted octanol–water partition coefficient (Wildman–Crippen LogP) is 1.15. The topological polar surface area (TPSA) is 18.5 Å². The Hall–Kier alpha value is -0.120. The van der Waals surface area contributed by atoms with E-state index in [1.165, 1.54) is 45.4 Å².